The highest BCUT2D eigenvalue weighted by Gasteiger charge is 2.24. The van der Waals surface area contributed by atoms with Crippen LogP contribution in [0.5, 0.6) is 11.5 Å². The van der Waals surface area contributed by atoms with Crippen molar-refractivity contribution in [3.63, 3.8) is 0 Å². The van der Waals surface area contributed by atoms with Crippen molar-refractivity contribution in [2.45, 2.75) is 13.3 Å². The lowest BCUT2D eigenvalue weighted by Gasteiger charge is -2.21. The van der Waals surface area contributed by atoms with Crippen molar-refractivity contribution in [3.05, 3.63) is 109 Å². The minimum Gasteiger partial charge on any atom is -0.453 e. The monoisotopic (exact) mass is 490 g/mol. The van der Waals surface area contributed by atoms with Gasteiger partial charge in [0.25, 0.3) is 0 Å². The summed E-state index contributed by atoms with van der Waals surface area (Å²) in [6.07, 6.45) is 2.67. The zero-order valence-corrected chi connectivity index (χ0v) is 20.7. The van der Waals surface area contributed by atoms with Gasteiger partial charge in [0.05, 0.1) is 27.9 Å². The van der Waals surface area contributed by atoms with E-state index < -0.39 is 0 Å². The predicted octanol–water partition coefficient (Wildman–Crippen LogP) is 8.12. The SMILES string of the molecule is CCc1nc2cccc3c2n1-c1cc(-c2ccc(-c4ccc5ccc6cccnc6c5n4)cc2)ccc1O3. The molecule has 4 aromatic carbocycles. The summed E-state index contributed by atoms with van der Waals surface area (Å²) >= 11 is 0. The molecule has 0 saturated heterocycles. The third-order valence-corrected chi connectivity index (χ3v) is 7.39. The largest absolute Gasteiger partial charge is 0.453 e. The summed E-state index contributed by atoms with van der Waals surface area (Å²) in [5, 5.41) is 2.19. The topological polar surface area (TPSA) is 52.8 Å². The highest BCUT2D eigenvalue weighted by molar-refractivity contribution is 6.03. The molecule has 0 atom stereocenters. The first kappa shape index (κ1) is 21.1. The van der Waals surface area contributed by atoms with Crippen molar-refractivity contribution < 1.29 is 4.74 Å². The van der Waals surface area contributed by atoms with E-state index in [0.717, 1.165) is 84.7 Å². The Morgan fingerprint density at radius 2 is 1.47 bits per heavy atom. The van der Waals surface area contributed by atoms with Crippen molar-refractivity contribution in [1.29, 1.82) is 0 Å². The van der Waals surface area contributed by atoms with Gasteiger partial charge in [-0.15, -0.1) is 0 Å². The summed E-state index contributed by atoms with van der Waals surface area (Å²) in [5.41, 5.74) is 9.16. The maximum atomic E-state index is 6.27. The average molecular weight is 491 g/mol. The van der Waals surface area contributed by atoms with Crippen LogP contribution in [0.3, 0.4) is 0 Å². The number of pyridine rings is 2. The van der Waals surface area contributed by atoms with Crippen molar-refractivity contribution in [2.24, 2.45) is 0 Å². The number of fused-ring (bicyclic) bond motifs is 5. The van der Waals surface area contributed by atoms with Crippen LogP contribution < -0.4 is 4.74 Å². The molecule has 0 N–H and O–H groups in total. The quantitative estimate of drug-likeness (QED) is 0.235. The van der Waals surface area contributed by atoms with Gasteiger partial charge in [0.15, 0.2) is 11.5 Å². The molecule has 0 spiro atoms. The van der Waals surface area contributed by atoms with E-state index in [-0.39, 0.29) is 0 Å². The van der Waals surface area contributed by atoms with Crippen LogP contribution in [0.1, 0.15) is 12.7 Å². The van der Waals surface area contributed by atoms with Gasteiger partial charge in [-0.25, -0.2) is 9.97 Å². The van der Waals surface area contributed by atoms with Crippen LogP contribution in [-0.2, 0) is 6.42 Å². The molecule has 38 heavy (non-hydrogen) atoms. The van der Waals surface area contributed by atoms with E-state index >= 15 is 0 Å². The predicted molar refractivity (Wildman–Crippen MR) is 152 cm³/mol. The maximum Gasteiger partial charge on any atom is 0.153 e. The Labute approximate surface area is 219 Å². The summed E-state index contributed by atoms with van der Waals surface area (Å²) in [6, 6.07) is 33.5. The van der Waals surface area contributed by atoms with Crippen LogP contribution in [0.4, 0.5) is 0 Å². The Morgan fingerprint density at radius 1 is 0.684 bits per heavy atom. The second kappa shape index (κ2) is 7.98. The lowest BCUT2D eigenvalue weighted by molar-refractivity contribution is 0.474. The highest BCUT2D eigenvalue weighted by Crippen LogP contribution is 2.43. The fourth-order valence-electron chi connectivity index (χ4n) is 5.52. The maximum absolute atomic E-state index is 6.27. The number of hydrogen-bond donors (Lipinski definition) is 0. The van der Waals surface area contributed by atoms with E-state index in [2.05, 4.69) is 89.3 Å². The van der Waals surface area contributed by atoms with Gasteiger partial charge in [0, 0.05) is 29.0 Å². The number of para-hydroxylation sites is 1. The average Bonchev–Trinajstić information content (AvgIpc) is 3.37. The molecule has 0 bridgehead atoms. The molecule has 4 heterocycles. The first-order chi connectivity index (χ1) is 18.8. The van der Waals surface area contributed by atoms with E-state index in [4.69, 9.17) is 14.7 Å². The molecule has 180 valence electrons. The molecule has 0 fully saturated rings. The number of aryl methyl sites for hydroxylation is 1. The molecule has 1 aliphatic heterocycles. The minimum atomic E-state index is 0.843. The normalized spacial score (nSPS) is 12.1. The second-order valence-corrected chi connectivity index (χ2v) is 9.61. The zero-order valence-electron chi connectivity index (χ0n) is 20.7. The second-order valence-electron chi connectivity index (χ2n) is 9.61. The van der Waals surface area contributed by atoms with Crippen LogP contribution in [0.25, 0.3) is 60.9 Å². The van der Waals surface area contributed by atoms with Gasteiger partial charge in [0.1, 0.15) is 11.3 Å². The minimum absolute atomic E-state index is 0.843. The van der Waals surface area contributed by atoms with Gasteiger partial charge >= 0.3 is 0 Å². The van der Waals surface area contributed by atoms with E-state index in [1.807, 2.05) is 30.5 Å². The molecule has 7 aromatic rings. The van der Waals surface area contributed by atoms with Gasteiger partial charge in [-0.2, -0.15) is 0 Å². The van der Waals surface area contributed by atoms with Crippen molar-refractivity contribution in [2.75, 3.05) is 0 Å². The van der Waals surface area contributed by atoms with Crippen LogP contribution >= 0.6 is 0 Å². The standard InChI is InChI=1S/C33H22N4O/c1-2-30-35-26-6-3-7-29-33(26)37(30)27-19-24(15-17-28(27)38-29)20-8-10-21(11-9-20)25-16-14-23-13-12-22-5-4-18-34-31(22)32(23)36-25/h3-19H,2H2,1H3. The smallest absolute Gasteiger partial charge is 0.153 e. The summed E-state index contributed by atoms with van der Waals surface area (Å²) in [4.78, 5) is 14.5. The fraction of sp³-hybridized carbons (Fsp3) is 0.0606. The Balaban J connectivity index is 1.20. The van der Waals surface area contributed by atoms with Gasteiger partial charge in [-0.05, 0) is 47.5 Å². The van der Waals surface area contributed by atoms with Crippen molar-refractivity contribution in [1.82, 2.24) is 19.5 Å². The number of aromatic nitrogens is 4. The van der Waals surface area contributed by atoms with Crippen LogP contribution in [0.2, 0.25) is 0 Å². The molecule has 0 saturated carbocycles. The van der Waals surface area contributed by atoms with Gasteiger partial charge in [-0.3, -0.25) is 9.55 Å². The summed E-state index contributed by atoms with van der Waals surface area (Å²) < 4.78 is 8.52. The number of hydrogen-bond acceptors (Lipinski definition) is 4. The zero-order chi connectivity index (χ0) is 25.2. The molecule has 5 nitrogen and oxygen atoms in total. The van der Waals surface area contributed by atoms with E-state index in [1.165, 1.54) is 0 Å². The molecule has 0 radical (unpaired) electrons. The highest BCUT2D eigenvalue weighted by atomic mass is 16.5. The van der Waals surface area contributed by atoms with E-state index in [0.29, 0.717) is 0 Å². The van der Waals surface area contributed by atoms with E-state index in [1.54, 1.807) is 0 Å². The Bertz CT molecular complexity index is 2040. The lowest BCUT2D eigenvalue weighted by Crippen LogP contribution is -2.07. The molecular weight excluding hydrogens is 468 g/mol. The van der Waals surface area contributed by atoms with Crippen LogP contribution in [-0.4, -0.2) is 19.5 Å². The van der Waals surface area contributed by atoms with Gasteiger partial charge in [-0.1, -0.05) is 67.6 Å². The molecule has 8 rings (SSSR count). The summed E-state index contributed by atoms with van der Waals surface area (Å²) in [5.74, 6) is 2.73. The summed E-state index contributed by atoms with van der Waals surface area (Å²) in [6.45, 7) is 2.14. The van der Waals surface area contributed by atoms with Gasteiger partial charge < -0.3 is 4.74 Å². The molecule has 0 aliphatic carbocycles. The molecule has 3 aromatic heterocycles. The number of rotatable bonds is 3. The van der Waals surface area contributed by atoms with Crippen LogP contribution in [0, 0.1) is 0 Å². The van der Waals surface area contributed by atoms with E-state index in [9.17, 15) is 0 Å². The molecule has 1 aliphatic rings. The Morgan fingerprint density at radius 3 is 2.34 bits per heavy atom. The first-order valence-electron chi connectivity index (χ1n) is 12.8. The Hall–Kier alpha value is -5.03. The number of imidazole rings is 1. The lowest BCUT2D eigenvalue weighted by atomic mass is 10.0. The molecule has 5 heteroatoms. The van der Waals surface area contributed by atoms with Crippen LogP contribution in [0.15, 0.2) is 103 Å². The Kier molecular flexibility index (Phi) is 4.43. The van der Waals surface area contributed by atoms with Gasteiger partial charge in [0.2, 0.25) is 0 Å². The number of nitrogens with zero attached hydrogens (tertiary/aromatic N) is 4. The molecule has 0 unspecified atom stereocenters. The fourth-order valence-corrected chi connectivity index (χ4v) is 5.52. The number of ether oxygens (including phenoxy) is 1. The first-order valence-corrected chi connectivity index (χ1v) is 12.8. The van der Waals surface area contributed by atoms with Crippen molar-refractivity contribution in [3.8, 4) is 39.6 Å². The third-order valence-electron chi connectivity index (χ3n) is 7.39. The molecule has 0 amide bonds. The molecular formula is C33H22N4O. The summed E-state index contributed by atoms with van der Waals surface area (Å²) in [7, 11) is 0. The third kappa shape index (κ3) is 3.08. The van der Waals surface area contributed by atoms with Crippen molar-refractivity contribution >= 4 is 32.8 Å². The number of benzene rings is 4.